The second-order valence-corrected chi connectivity index (χ2v) is 19.9. The van der Waals surface area contributed by atoms with E-state index in [0.29, 0.717) is 29.1 Å². The molecule has 0 bridgehead atoms. The first-order valence-corrected chi connectivity index (χ1v) is 19.7. The number of piperidine rings is 1. The van der Waals surface area contributed by atoms with Gasteiger partial charge in [0.1, 0.15) is 0 Å². The number of benzene rings is 2. The molecule has 1 unspecified atom stereocenters. The average molecular weight is 630 g/mol. The van der Waals surface area contributed by atoms with Crippen LogP contribution in [0.4, 0.5) is 23.3 Å². The first-order chi connectivity index (χ1) is 19.9. The number of nitrogens with zero attached hydrogens (tertiary/aromatic N) is 5. The third-order valence-corrected chi connectivity index (χ3v) is 11.8. The van der Waals surface area contributed by atoms with Crippen molar-refractivity contribution in [1.82, 2.24) is 24.5 Å². The molecule has 2 aromatic carbocycles. The molecule has 2 N–H and O–H groups in total. The standard InChI is InChI=1S/C29H40N7O3PS2/c1-20(2)42(38,39)26-8-6-5-7-25(26)32-29-34-28(33-27-11-14-30-36(27)29)31-23-9-10-24(21(3)19-23)22-12-15-35(16-13-22)17-18-41(4,37)40/h5-11,14,19-20,22,41H,12-13,15-18,40H2,1-4H3,(H2,31,32,33,34). The number of likely N-dealkylation sites (tertiary alicyclic amines) is 1. The maximum atomic E-state index is 13.0. The SMILES string of the molecule is Cc1cc(Nc2nc(Nc3ccccc3S(=O)(=O)C(C)C)n3nccc3n2)ccc1C1CCN(CC[SH](C)(=O)P)CC1. The zero-order valence-corrected chi connectivity index (χ0v) is 27.4. The van der Waals surface area contributed by atoms with E-state index in [9.17, 15) is 12.6 Å². The van der Waals surface area contributed by atoms with Gasteiger partial charge < -0.3 is 15.5 Å². The van der Waals surface area contributed by atoms with Crippen molar-refractivity contribution in [2.75, 3.05) is 42.3 Å². The van der Waals surface area contributed by atoms with E-state index in [1.165, 1.54) is 11.1 Å². The topological polar surface area (TPSA) is 122 Å². The van der Waals surface area contributed by atoms with Crippen LogP contribution in [0.3, 0.4) is 0 Å². The van der Waals surface area contributed by atoms with Gasteiger partial charge in [-0.05, 0) is 94.3 Å². The van der Waals surface area contributed by atoms with E-state index < -0.39 is 24.6 Å². The first kappa shape index (κ1) is 30.5. The summed E-state index contributed by atoms with van der Waals surface area (Å²) in [7, 11) is -3.08. The minimum absolute atomic E-state index is 0.209. The summed E-state index contributed by atoms with van der Waals surface area (Å²) >= 11 is 0. The van der Waals surface area contributed by atoms with Gasteiger partial charge in [-0.1, -0.05) is 36.2 Å². The number of sulfone groups is 1. The fraction of sp³-hybridized carbons (Fsp3) is 0.414. The molecule has 1 aliphatic rings. The van der Waals surface area contributed by atoms with E-state index in [1.807, 2.05) is 6.26 Å². The lowest BCUT2D eigenvalue weighted by atomic mass is 9.86. The van der Waals surface area contributed by atoms with Crippen molar-refractivity contribution in [3.63, 3.8) is 0 Å². The highest BCUT2D eigenvalue weighted by molar-refractivity contribution is 8.44. The van der Waals surface area contributed by atoms with Crippen LogP contribution in [0.1, 0.15) is 43.7 Å². The number of hydrogen-bond acceptors (Lipinski definition) is 9. The van der Waals surface area contributed by atoms with Gasteiger partial charge in [0.2, 0.25) is 11.9 Å². The van der Waals surface area contributed by atoms with Crippen molar-refractivity contribution < 1.29 is 12.6 Å². The van der Waals surface area contributed by atoms with E-state index in [4.69, 9.17) is 0 Å². The predicted octanol–water partition coefficient (Wildman–Crippen LogP) is 4.72. The molecule has 2 aromatic heterocycles. The maximum absolute atomic E-state index is 13.0. The van der Waals surface area contributed by atoms with Gasteiger partial charge in [0, 0.05) is 24.1 Å². The molecule has 1 saturated heterocycles. The monoisotopic (exact) mass is 629 g/mol. The Hall–Kier alpha value is -2.92. The maximum Gasteiger partial charge on any atom is 0.233 e. The summed E-state index contributed by atoms with van der Waals surface area (Å²) in [6.45, 7) is 8.40. The minimum atomic E-state index is -3.52. The summed E-state index contributed by atoms with van der Waals surface area (Å²) in [4.78, 5) is 11.9. The molecule has 0 amide bonds. The lowest BCUT2D eigenvalue weighted by Crippen LogP contribution is -2.36. The lowest BCUT2D eigenvalue weighted by molar-refractivity contribution is 0.223. The highest BCUT2D eigenvalue weighted by Crippen LogP contribution is 2.33. The quantitative estimate of drug-likeness (QED) is 0.169. The minimum Gasteiger partial charge on any atom is -0.324 e. The van der Waals surface area contributed by atoms with Gasteiger partial charge in [0.15, 0.2) is 15.5 Å². The van der Waals surface area contributed by atoms with Gasteiger partial charge >= 0.3 is 0 Å². The summed E-state index contributed by atoms with van der Waals surface area (Å²) in [6, 6.07) is 14.9. The van der Waals surface area contributed by atoms with Crippen LogP contribution >= 0.6 is 8.44 Å². The number of rotatable bonds is 10. The number of thiol groups is 1. The Morgan fingerprint density at radius 1 is 1.07 bits per heavy atom. The number of nitrogens with one attached hydrogen (secondary N) is 2. The zero-order chi connectivity index (χ0) is 30.1. The van der Waals surface area contributed by atoms with Crippen molar-refractivity contribution >= 4 is 56.8 Å². The Bertz CT molecular complexity index is 1730. The van der Waals surface area contributed by atoms with Crippen LogP contribution in [0.25, 0.3) is 5.65 Å². The number of anilines is 4. The first-order valence-electron chi connectivity index (χ1n) is 14.2. The van der Waals surface area contributed by atoms with E-state index >= 15 is 0 Å². The number of para-hydroxylation sites is 1. The van der Waals surface area contributed by atoms with Gasteiger partial charge in [0.05, 0.1) is 22.0 Å². The molecule has 0 aliphatic carbocycles. The summed E-state index contributed by atoms with van der Waals surface area (Å²) < 4.78 is 39.6. The van der Waals surface area contributed by atoms with E-state index in [-0.39, 0.29) is 4.90 Å². The second kappa shape index (κ2) is 12.4. The molecule has 0 spiro atoms. The average Bonchev–Trinajstić information content (AvgIpc) is 3.41. The van der Waals surface area contributed by atoms with Crippen LogP contribution in [0.2, 0.25) is 0 Å². The van der Waals surface area contributed by atoms with Crippen LogP contribution in [0.5, 0.6) is 0 Å². The molecule has 226 valence electrons. The Morgan fingerprint density at radius 3 is 2.50 bits per heavy atom. The van der Waals surface area contributed by atoms with Crippen LogP contribution < -0.4 is 10.6 Å². The van der Waals surface area contributed by atoms with Gasteiger partial charge in [-0.3, -0.25) is 4.21 Å². The van der Waals surface area contributed by atoms with Crippen LogP contribution in [-0.2, 0) is 19.4 Å². The van der Waals surface area contributed by atoms with Crippen LogP contribution in [0, 0.1) is 6.92 Å². The summed E-state index contributed by atoms with van der Waals surface area (Å²) in [5.41, 5.74) is 4.42. The molecule has 10 nitrogen and oxygen atoms in total. The fourth-order valence-electron chi connectivity index (χ4n) is 5.30. The molecule has 5 rings (SSSR count). The molecule has 4 aromatic rings. The Labute approximate surface area is 251 Å². The van der Waals surface area contributed by atoms with Crippen molar-refractivity contribution in [1.29, 1.82) is 0 Å². The number of aryl methyl sites for hydroxylation is 1. The third-order valence-electron chi connectivity index (χ3n) is 7.73. The summed E-state index contributed by atoms with van der Waals surface area (Å²) in [5.74, 6) is 1.96. The largest absolute Gasteiger partial charge is 0.324 e. The number of hydrogen-bond donors (Lipinski definition) is 3. The molecule has 0 saturated carbocycles. The van der Waals surface area contributed by atoms with Gasteiger partial charge in [-0.2, -0.15) is 19.6 Å². The van der Waals surface area contributed by atoms with Gasteiger partial charge in [-0.15, -0.1) is 0 Å². The van der Waals surface area contributed by atoms with Gasteiger partial charge in [-0.25, -0.2) is 8.42 Å². The molecule has 1 aliphatic heterocycles. The Balaban J connectivity index is 1.33. The molecular formula is C29H40N7O3PS2. The number of fused-ring (bicyclic) bond motifs is 1. The van der Waals surface area contributed by atoms with Crippen LogP contribution in [-0.4, -0.2) is 74.0 Å². The Kier molecular flexibility index (Phi) is 8.99. The Morgan fingerprint density at radius 2 is 1.81 bits per heavy atom. The van der Waals surface area contributed by atoms with Crippen molar-refractivity contribution in [2.45, 2.75) is 49.7 Å². The summed E-state index contributed by atoms with van der Waals surface area (Å²) in [5, 5.41) is 10.3. The molecule has 1 atom stereocenters. The molecule has 13 heteroatoms. The fourth-order valence-corrected chi connectivity index (χ4v) is 7.53. The molecule has 0 radical (unpaired) electrons. The van der Waals surface area contributed by atoms with Crippen LogP contribution in [0.15, 0.2) is 59.6 Å². The zero-order valence-electron chi connectivity index (χ0n) is 24.5. The number of aromatic nitrogens is 4. The normalized spacial score (nSPS) is 15.8. The van der Waals surface area contributed by atoms with E-state index in [0.717, 1.165) is 43.9 Å². The third kappa shape index (κ3) is 6.99. The highest BCUT2D eigenvalue weighted by Gasteiger charge is 2.24. The highest BCUT2D eigenvalue weighted by atomic mass is 32.8. The molecule has 3 heterocycles. The van der Waals surface area contributed by atoms with E-state index in [2.05, 4.69) is 64.2 Å². The van der Waals surface area contributed by atoms with Crippen molar-refractivity contribution in [2.24, 2.45) is 0 Å². The summed E-state index contributed by atoms with van der Waals surface area (Å²) in [6.07, 6.45) is 5.63. The second-order valence-electron chi connectivity index (χ2n) is 11.4. The molecular weight excluding hydrogens is 589 g/mol. The lowest BCUT2D eigenvalue weighted by Gasteiger charge is -2.33. The van der Waals surface area contributed by atoms with Crippen molar-refractivity contribution in [3.8, 4) is 0 Å². The predicted molar refractivity (Wildman–Crippen MR) is 176 cm³/mol. The molecule has 1 fully saturated rings. The smallest absolute Gasteiger partial charge is 0.233 e. The van der Waals surface area contributed by atoms with E-state index in [1.54, 1.807) is 54.9 Å². The van der Waals surface area contributed by atoms with Crippen molar-refractivity contribution in [3.05, 3.63) is 65.9 Å². The molecule has 42 heavy (non-hydrogen) atoms. The van der Waals surface area contributed by atoms with Gasteiger partial charge in [0.25, 0.3) is 0 Å².